The van der Waals surface area contributed by atoms with Crippen molar-refractivity contribution in [3.63, 3.8) is 0 Å². The molecule has 0 amide bonds. The van der Waals surface area contributed by atoms with Crippen LogP contribution in [0.2, 0.25) is 0 Å². The minimum atomic E-state index is -0.884. The molecule has 2 N–H and O–H groups in total. The minimum Gasteiger partial charge on any atom is -0.502 e. The van der Waals surface area contributed by atoms with E-state index in [1.807, 2.05) is 30.3 Å². The van der Waals surface area contributed by atoms with Crippen molar-refractivity contribution in [1.82, 2.24) is 0 Å². The summed E-state index contributed by atoms with van der Waals surface area (Å²) in [4.78, 5) is 0. The second-order valence-electron chi connectivity index (χ2n) is 7.91. The maximum absolute atomic E-state index is 11.2. The topological polar surface area (TPSA) is 95.8 Å². The Bertz CT molecular complexity index is 916. The number of aromatic hydroxyl groups is 1. The van der Waals surface area contributed by atoms with Crippen molar-refractivity contribution >= 4 is 11.8 Å². The maximum Gasteiger partial charge on any atom is 0.200 e. The van der Waals surface area contributed by atoms with E-state index in [0.717, 1.165) is 11.1 Å². The summed E-state index contributed by atoms with van der Waals surface area (Å²) in [7, 11) is 2.96. The van der Waals surface area contributed by atoms with Crippen LogP contribution in [0.25, 0.3) is 0 Å². The summed E-state index contributed by atoms with van der Waals surface area (Å²) in [6.45, 7) is 0.334. The van der Waals surface area contributed by atoms with Crippen molar-refractivity contribution in [2.24, 2.45) is 0 Å². The van der Waals surface area contributed by atoms with E-state index >= 15 is 0 Å². The van der Waals surface area contributed by atoms with Crippen molar-refractivity contribution in [3.05, 3.63) is 53.6 Å². The van der Waals surface area contributed by atoms with Crippen LogP contribution in [-0.2, 0) is 18.9 Å². The van der Waals surface area contributed by atoms with Gasteiger partial charge in [0.15, 0.2) is 17.8 Å². The number of phenols is 1. The summed E-state index contributed by atoms with van der Waals surface area (Å²) in [6, 6.07) is 13.1. The molecule has 0 aromatic heterocycles. The Morgan fingerprint density at radius 3 is 2.34 bits per heavy atom. The number of aliphatic hydroxyl groups is 1. The van der Waals surface area contributed by atoms with Crippen LogP contribution in [-0.4, -0.2) is 66.6 Å². The van der Waals surface area contributed by atoms with Crippen molar-refractivity contribution < 1.29 is 38.6 Å². The molecular weight excluding hydrogens is 436 g/mol. The molecule has 3 aliphatic heterocycles. The van der Waals surface area contributed by atoms with Gasteiger partial charge in [-0.2, -0.15) is 0 Å². The van der Waals surface area contributed by atoms with Gasteiger partial charge in [0.05, 0.1) is 26.9 Å². The third-order valence-corrected chi connectivity index (χ3v) is 7.19. The average Bonchev–Trinajstić information content (AvgIpc) is 2.84. The lowest BCUT2D eigenvalue weighted by Crippen LogP contribution is -2.62. The van der Waals surface area contributed by atoms with Crippen LogP contribution in [0.1, 0.15) is 23.5 Å². The number of thioether (sulfide) groups is 1. The van der Waals surface area contributed by atoms with Gasteiger partial charge in [-0.3, -0.25) is 0 Å². The molecule has 172 valence electrons. The number of benzene rings is 2. The number of hydrogen-bond donors (Lipinski definition) is 2. The SMILES string of the molecule is COc1cc([C@H]2CS[C@@H]3O[C@@H]4CO[C@@H](c5ccccc5)O[C@H]4[C@H](O)[C@H]3O2)cc(OC)c1O. The third kappa shape index (κ3) is 3.93. The first-order chi connectivity index (χ1) is 15.6. The molecule has 3 heterocycles. The Hall–Kier alpha value is -2.01. The van der Waals surface area contributed by atoms with Gasteiger partial charge in [0, 0.05) is 11.3 Å². The van der Waals surface area contributed by atoms with Crippen LogP contribution < -0.4 is 9.47 Å². The second-order valence-corrected chi connectivity index (χ2v) is 9.04. The summed E-state index contributed by atoms with van der Waals surface area (Å²) in [5.74, 6) is 1.14. The van der Waals surface area contributed by atoms with Crippen molar-refractivity contribution in [2.75, 3.05) is 26.6 Å². The molecule has 9 heteroatoms. The number of phenolic OH excluding ortho intramolecular Hbond substituents is 1. The fourth-order valence-electron chi connectivity index (χ4n) is 4.31. The predicted octanol–water partition coefficient (Wildman–Crippen LogP) is 2.78. The van der Waals surface area contributed by atoms with E-state index in [1.54, 1.807) is 23.9 Å². The van der Waals surface area contributed by atoms with Gasteiger partial charge in [-0.05, 0) is 17.7 Å². The summed E-state index contributed by atoms with van der Waals surface area (Å²) < 4.78 is 35.0. The highest BCUT2D eigenvalue weighted by Gasteiger charge is 2.52. The van der Waals surface area contributed by atoms with Crippen molar-refractivity contribution in [1.29, 1.82) is 0 Å². The van der Waals surface area contributed by atoms with E-state index in [-0.39, 0.29) is 23.4 Å². The van der Waals surface area contributed by atoms with E-state index in [4.69, 9.17) is 28.4 Å². The van der Waals surface area contributed by atoms with Crippen LogP contribution in [0.4, 0.5) is 0 Å². The van der Waals surface area contributed by atoms with E-state index in [1.165, 1.54) is 14.2 Å². The molecule has 3 aliphatic rings. The minimum absolute atomic E-state index is 0.0634. The quantitative estimate of drug-likeness (QED) is 0.711. The zero-order valence-corrected chi connectivity index (χ0v) is 18.6. The normalized spacial score (nSPS) is 34.3. The third-order valence-electron chi connectivity index (χ3n) is 5.99. The van der Waals surface area contributed by atoms with Crippen LogP contribution in [0.15, 0.2) is 42.5 Å². The Balaban J connectivity index is 1.34. The molecule has 2 aromatic carbocycles. The van der Waals surface area contributed by atoms with Gasteiger partial charge < -0.3 is 38.6 Å². The molecule has 0 aliphatic carbocycles. The van der Waals surface area contributed by atoms with Crippen LogP contribution in [0.3, 0.4) is 0 Å². The van der Waals surface area contributed by atoms with Gasteiger partial charge in [-0.15, -0.1) is 11.8 Å². The number of ether oxygens (including phenoxy) is 6. The lowest BCUT2D eigenvalue weighted by molar-refractivity contribution is -0.326. The largest absolute Gasteiger partial charge is 0.502 e. The number of fused-ring (bicyclic) bond motifs is 2. The first kappa shape index (κ1) is 21.8. The molecule has 0 saturated carbocycles. The fraction of sp³-hybridized carbons (Fsp3) is 0.478. The standard InChI is InChI=1S/C23H26O8S/c1-26-14-8-13(9-15(27-2)18(14)24)17-11-32-23-21(29-17)19(25)20-16(30-23)10-28-22(31-20)12-6-4-3-5-7-12/h3-9,16-17,19-25H,10-11H2,1-2H3/t16-,17-,19+,20-,21-,22-,23+/m1/s1. The lowest BCUT2D eigenvalue weighted by atomic mass is 9.98. The van der Waals surface area contributed by atoms with Crippen molar-refractivity contribution in [3.8, 4) is 17.2 Å². The molecule has 3 saturated heterocycles. The summed E-state index contributed by atoms with van der Waals surface area (Å²) in [6.07, 6.45) is -3.31. The van der Waals surface area contributed by atoms with E-state index in [2.05, 4.69) is 0 Å². The molecule has 3 fully saturated rings. The van der Waals surface area contributed by atoms with E-state index in [9.17, 15) is 10.2 Å². The smallest absolute Gasteiger partial charge is 0.200 e. The molecule has 0 unspecified atom stereocenters. The Kier molecular flexibility index (Phi) is 6.20. The number of methoxy groups -OCH3 is 2. The highest BCUT2D eigenvalue weighted by atomic mass is 32.2. The van der Waals surface area contributed by atoms with Gasteiger partial charge in [0.1, 0.15) is 29.9 Å². The predicted molar refractivity (Wildman–Crippen MR) is 116 cm³/mol. The summed E-state index contributed by atoms with van der Waals surface area (Å²) >= 11 is 1.58. The van der Waals surface area contributed by atoms with Gasteiger partial charge in [0.2, 0.25) is 5.75 Å². The first-order valence-electron chi connectivity index (χ1n) is 10.5. The first-order valence-corrected chi connectivity index (χ1v) is 11.5. The zero-order chi connectivity index (χ0) is 22.2. The Morgan fingerprint density at radius 1 is 0.938 bits per heavy atom. The summed E-state index contributed by atoms with van der Waals surface area (Å²) in [5.41, 5.74) is 1.34. The molecular formula is C23H26O8S. The monoisotopic (exact) mass is 462 g/mol. The van der Waals surface area contributed by atoms with Gasteiger partial charge in [0.25, 0.3) is 0 Å². The Morgan fingerprint density at radius 2 is 1.66 bits per heavy atom. The Labute approximate surface area is 190 Å². The lowest BCUT2D eigenvalue weighted by Gasteiger charge is -2.50. The molecule has 0 bridgehead atoms. The zero-order valence-electron chi connectivity index (χ0n) is 17.7. The highest BCUT2D eigenvalue weighted by molar-refractivity contribution is 7.99. The highest BCUT2D eigenvalue weighted by Crippen LogP contribution is 2.46. The number of hydrogen-bond acceptors (Lipinski definition) is 9. The van der Waals surface area contributed by atoms with Gasteiger partial charge in [-0.25, -0.2) is 0 Å². The second kappa shape index (κ2) is 9.09. The van der Waals surface area contributed by atoms with E-state index in [0.29, 0.717) is 23.9 Å². The van der Waals surface area contributed by atoms with Gasteiger partial charge in [-0.1, -0.05) is 30.3 Å². The molecule has 2 aromatic rings. The fourth-order valence-corrected chi connectivity index (χ4v) is 5.58. The van der Waals surface area contributed by atoms with Gasteiger partial charge >= 0.3 is 0 Å². The van der Waals surface area contributed by atoms with Crippen LogP contribution in [0.5, 0.6) is 17.2 Å². The van der Waals surface area contributed by atoms with Crippen LogP contribution in [0, 0.1) is 0 Å². The van der Waals surface area contributed by atoms with Crippen LogP contribution >= 0.6 is 11.8 Å². The molecule has 7 atom stereocenters. The number of rotatable bonds is 4. The van der Waals surface area contributed by atoms with Crippen molar-refractivity contribution in [2.45, 2.75) is 42.2 Å². The average molecular weight is 463 g/mol. The van der Waals surface area contributed by atoms with E-state index < -0.39 is 24.6 Å². The molecule has 0 spiro atoms. The molecule has 32 heavy (non-hydrogen) atoms. The maximum atomic E-state index is 11.2. The molecule has 5 rings (SSSR count). The number of aliphatic hydroxyl groups excluding tert-OH is 1. The summed E-state index contributed by atoms with van der Waals surface area (Å²) in [5, 5.41) is 21.4. The molecule has 0 radical (unpaired) electrons. The molecule has 8 nitrogen and oxygen atoms in total.